The van der Waals surface area contributed by atoms with Crippen LogP contribution in [0.15, 0.2) is 66.7 Å². The van der Waals surface area contributed by atoms with E-state index in [9.17, 15) is 10.1 Å². The normalized spacial score (nSPS) is 13.7. The smallest absolute Gasteiger partial charge is 0.227 e. The molecule has 1 saturated heterocycles. The number of nitrogens with zero attached hydrogens (tertiary/aromatic N) is 4. The molecule has 1 fully saturated rings. The van der Waals surface area contributed by atoms with Gasteiger partial charge in [-0.25, -0.2) is 4.68 Å². The third-order valence-electron chi connectivity index (χ3n) is 5.67. The van der Waals surface area contributed by atoms with E-state index in [0.29, 0.717) is 12.0 Å². The molecule has 146 valence electrons. The minimum absolute atomic E-state index is 0.197. The topological polar surface area (TPSA) is 61.9 Å². The van der Waals surface area contributed by atoms with Crippen molar-refractivity contribution < 1.29 is 4.79 Å². The minimum atomic E-state index is 0.197. The number of nitriles is 1. The van der Waals surface area contributed by atoms with Gasteiger partial charge in [0.2, 0.25) is 5.91 Å². The second-order valence-electron chi connectivity index (χ2n) is 7.59. The van der Waals surface area contributed by atoms with Crippen molar-refractivity contribution in [2.75, 3.05) is 11.4 Å². The molecule has 0 saturated carbocycles. The van der Waals surface area contributed by atoms with Gasteiger partial charge >= 0.3 is 0 Å². The number of fused-ring (bicyclic) bond motifs is 1. The van der Waals surface area contributed by atoms with Crippen molar-refractivity contribution in [1.82, 2.24) is 9.78 Å². The maximum absolute atomic E-state index is 12.0. The number of hydrogen-bond donors (Lipinski definition) is 0. The highest BCUT2D eigenvalue weighted by Crippen LogP contribution is 2.30. The summed E-state index contributed by atoms with van der Waals surface area (Å²) in [6.07, 6.45) is 1.56. The molecule has 5 nitrogen and oxygen atoms in total. The molecule has 5 heteroatoms. The second-order valence-corrected chi connectivity index (χ2v) is 7.59. The molecule has 0 bridgehead atoms. The van der Waals surface area contributed by atoms with Gasteiger partial charge in [0.25, 0.3) is 0 Å². The molecule has 0 radical (unpaired) electrons. The van der Waals surface area contributed by atoms with E-state index in [0.717, 1.165) is 52.1 Å². The fraction of sp³-hybridized carbons (Fsp3) is 0.160. The van der Waals surface area contributed by atoms with E-state index in [1.807, 2.05) is 46.8 Å². The van der Waals surface area contributed by atoms with Crippen LogP contribution >= 0.6 is 0 Å². The number of carbonyl (C=O) groups excluding carboxylic acids is 1. The van der Waals surface area contributed by atoms with Gasteiger partial charge in [0.15, 0.2) is 0 Å². The summed E-state index contributed by atoms with van der Waals surface area (Å²) in [7, 11) is 0. The van der Waals surface area contributed by atoms with E-state index < -0.39 is 0 Å². The fourth-order valence-corrected chi connectivity index (χ4v) is 4.11. The van der Waals surface area contributed by atoms with E-state index >= 15 is 0 Å². The van der Waals surface area contributed by atoms with Gasteiger partial charge in [-0.15, -0.1) is 0 Å². The van der Waals surface area contributed by atoms with Crippen LogP contribution in [0, 0.1) is 18.3 Å². The number of anilines is 1. The van der Waals surface area contributed by atoms with Crippen LogP contribution in [-0.2, 0) is 4.79 Å². The third kappa shape index (κ3) is 3.03. The molecule has 3 aromatic carbocycles. The van der Waals surface area contributed by atoms with Gasteiger partial charge in [0, 0.05) is 24.0 Å². The Morgan fingerprint density at radius 3 is 2.50 bits per heavy atom. The molecule has 5 rings (SSSR count). The lowest BCUT2D eigenvalue weighted by Gasteiger charge is -2.16. The Hall–Kier alpha value is -3.91. The molecule has 1 aromatic heterocycles. The second kappa shape index (κ2) is 7.16. The van der Waals surface area contributed by atoms with Gasteiger partial charge in [-0.2, -0.15) is 10.4 Å². The Morgan fingerprint density at radius 1 is 0.967 bits per heavy atom. The summed E-state index contributed by atoms with van der Waals surface area (Å²) in [4.78, 5) is 13.8. The molecule has 4 aromatic rings. The maximum atomic E-state index is 12.0. The van der Waals surface area contributed by atoms with Crippen molar-refractivity contribution >= 4 is 22.5 Å². The third-order valence-corrected chi connectivity index (χ3v) is 5.67. The van der Waals surface area contributed by atoms with Crippen LogP contribution in [0.4, 0.5) is 5.69 Å². The standard InChI is InChI=1S/C25H20N4O/c1-17-23-12-9-20(19-7-10-21(11-8-19)28-13-3-6-25(28)30)15-24(23)29(27-17)22-5-2-4-18(14-22)16-26/h2,4-5,7-12,14-15H,3,6,13H2,1H3. The Bertz CT molecular complexity index is 1310. The number of amides is 1. The van der Waals surface area contributed by atoms with Crippen LogP contribution in [0.3, 0.4) is 0 Å². The average Bonchev–Trinajstić information content (AvgIpc) is 3.36. The van der Waals surface area contributed by atoms with Gasteiger partial charge in [0.05, 0.1) is 28.5 Å². The van der Waals surface area contributed by atoms with Gasteiger partial charge < -0.3 is 4.90 Å². The molecule has 0 unspecified atom stereocenters. The number of rotatable bonds is 3. The lowest BCUT2D eigenvalue weighted by atomic mass is 10.0. The van der Waals surface area contributed by atoms with Gasteiger partial charge in [-0.1, -0.05) is 30.3 Å². The molecule has 1 amide bonds. The summed E-state index contributed by atoms with van der Waals surface area (Å²) >= 11 is 0. The first-order chi connectivity index (χ1) is 14.6. The van der Waals surface area contributed by atoms with E-state index in [1.165, 1.54) is 0 Å². The molecule has 0 N–H and O–H groups in total. The number of hydrogen-bond acceptors (Lipinski definition) is 3. The first-order valence-electron chi connectivity index (χ1n) is 10.0. The molecular formula is C25H20N4O. The zero-order valence-electron chi connectivity index (χ0n) is 16.7. The van der Waals surface area contributed by atoms with Crippen LogP contribution in [0.1, 0.15) is 24.1 Å². The highest BCUT2D eigenvalue weighted by molar-refractivity contribution is 5.95. The van der Waals surface area contributed by atoms with Gasteiger partial charge in [0.1, 0.15) is 0 Å². The largest absolute Gasteiger partial charge is 0.312 e. The van der Waals surface area contributed by atoms with Crippen molar-refractivity contribution in [3.8, 4) is 22.9 Å². The van der Waals surface area contributed by atoms with E-state index in [-0.39, 0.29) is 5.91 Å². The van der Waals surface area contributed by atoms with Crippen LogP contribution in [0.5, 0.6) is 0 Å². The lowest BCUT2D eigenvalue weighted by Crippen LogP contribution is -2.23. The van der Waals surface area contributed by atoms with Crippen molar-refractivity contribution in [3.63, 3.8) is 0 Å². The zero-order chi connectivity index (χ0) is 20.7. The molecule has 0 spiro atoms. The van der Waals surface area contributed by atoms with Crippen LogP contribution in [0.2, 0.25) is 0 Å². The quantitative estimate of drug-likeness (QED) is 0.493. The highest BCUT2D eigenvalue weighted by Gasteiger charge is 2.21. The monoisotopic (exact) mass is 392 g/mol. The summed E-state index contributed by atoms with van der Waals surface area (Å²) in [6, 6.07) is 24.1. The molecule has 1 aliphatic heterocycles. The fourth-order valence-electron chi connectivity index (χ4n) is 4.11. The van der Waals surface area contributed by atoms with E-state index in [2.05, 4.69) is 36.4 Å². The van der Waals surface area contributed by atoms with E-state index in [4.69, 9.17) is 5.10 Å². The number of aromatic nitrogens is 2. The number of carbonyl (C=O) groups is 1. The average molecular weight is 392 g/mol. The number of benzene rings is 3. The van der Waals surface area contributed by atoms with Crippen molar-refractivity contribution in [3.05, 3.63) is 78.0 Å². The summed E-state index contributed by atoms with van der Waals surface area (Å²) in [5.41, 5.74) is 6.55. The van der Waals surface area contributed by atoms with Crippen molar-refractivity contribution in [2.45, 2.75) is 19.8 Å². The van der Waals surface area contributed by atoms with Crippen LogP contribution < -0.4 is 4.90 Å². The number of aryl methyl sites for hydroxylation is 1. The Balaban J connectivity index is 1.56. The predicted octanol–water partition coefficient (Wildman–Crippen LogP) is 5.00. The SMILES string of the molecule is Cc1nn(-c2cccc(C#N)c2)c2cc(-c3ccc(N4CCCC4=O)cc3)ccc12. The van der Waals surface area contributed by atoms with Gasteiger partial charge in [-0.05, 0) is 60.9 Å². The zero-order valence-corrected chi connectivity index (χ0v) is 16.7. The first-order valence-corrected chi connectivity index (χ1v) is 10.0. The Labute approximate surface area is 174 Å². The van der Waals surface area contributed by atoms with Crippen LogP contribution in [-0.4, -0.2) is 22.2 Å². The summed E-state index contributed by atoms with van der Waals surface area (Å²) in [5, 5.41) is 15.0. The minimum Gasteiger partial charge on any atom is -0.312 e. The summed E-state index contributed by atoms with van der Waals surface area (Å²) in [6.45, 7) is 2.79. The maximum Gasteiger partial charge on any atom is 0.227 e. The molecule has 1 aliphatic rings. The summed E-state index contributed by atoms with van der Waals surface area (Å²) in [5.74, 6) is 0.197. The van der Waals surface area contributed by atoms with E-state index in [1.54, 1.807) is 6.07 Å². The predicted molar refractivity (Wildman–Crippen MR) is 118 cm³/mol. The molecular weight excluding hydrogens is 372 g/mol. The van der Waals surface area contributed by atoms with Crippen molar-refractivity contribution in [2.24, 2.45) is 0 Å². The highest BCUT2D eigenvalue weighted by atomic mass is 16.2. The molecule has 30 heavy (non-hydrogen) atoms. The first kappa shape index (κ1) is 18.1. The van der Waals surface area contributed by atoms with Gasteiger partial charge in [-0.3, -0.25) is 4.79 Å². The summed E-state index contributed by atoms with van der Waals surface area (Å²) < 4.78 is 1.90. The van der Waals surface area contributed by atoms with Crippen LogP contribution in [0.25, 0.3) is 27.7 Å². The van der Waals surface area contributed by atoms with Crippen molar-refractivity contribution in [1.29, 1.82) is 5.26 Å². The Kier molecular flexibility index (Phi) is 4.33. The Morgan fingerprint density at radius 2 is 1.77 bits per heavy atom. The lowest BCUT2D eigenvalue weighted by molar-refractivity contribution is -0.117. The molecule has 0 aliphatic carbocycles. The molecule has 2 heterocycles. The molecule has 0 atom stereocenters.